The van der Waals surface area contributed by atoms with Crippen LogP contribution >= 0.6 is 0 Å². The summed E-state index contributed by atoms with van der Waals surface area (Å²) < 4.78 is 33.7. The minimum absolute atomic E-state index is 0.247. The van der Waals surface area contributed by atoms with E-state index in [1.165, 1.54) is 31.1 Å². The fourth-order valence-electron chi connectivity index (χ4n) is 2.52. The lowest BCUT2D eigenvalue weighted by Gasteiger charge is -2.21. The highest BCUT2D eigenvalue weighted by Crippen LogP contribution is 2.36. The molecule has 2 aromatic heterocycles. The predicted molar refractivity (Wildman–Crippen MR) is 84.9 cm³/mol. The zero-order chi connectivity index (χ0) is 16.7. The van der Waals surface area contributed by atoms with Crippen molar-refractivity contribution >= 4 is 9.84 Å². The smallest absolute Gasteiger partial charge is 0.280 e. The van der Waals surface area contributed by atoms with E-state index < -0.39 is 9.84 Å². The van der Waals surface area contributed by atoms with Gasteiger partial charge in [0.05, 0.1) is 4.90 Å². The van der Waals surface area contributed by atoms with Crippen molar-refractivity contribution in [2.75, 3.05) is 6.26 Å². The van der Waals surface area contributed by atoms with Gasteiger partial charge in [-0.1, -0.05) is 11.6 Å². The first kappa shape index (κ1) is 15.1. The molecule has 0 radical (unpaired) electrons. The van der Waals surface area contributed by atoms with E-state index in [-0.39, 0.29) is 10.8 Å². The summed E-state index contributed by atoms with van der Waals surface area (Å²) in [5, 5.41) is 3.93. The maximum Gasteiger partial charge on any atom is 0.280 e. The van der Waals surface area contributed by atoms with E-state index in [4.69, 9.17) is 8.94 Å². The molecule has 124 valence electrons. The van der Waals surface area contributed by atoms with Gasteiger partial charge in [0.15, 0.2) is 21.4 Å². The van der Waals surface area contributed by atoms with Gasteiger partial charge >= 0.3 is 0 Å². The molecule has 8 heteroatoms. The second-order valence-electron chi connectivity index (χ2n) is 5.92. The highest BCUT2D eigenvalue weighted by atomic mass is 32.2. The van der Waals surface area contributed by atoms with Crippen LogP contribution in [0.2, 0.25) is 0 Å². The van der Waals surface area contributed by atoms with Gasteiger partial charge in [-0.15, -0.1) is 0 Å². The van der Waals surface area contributed by atoms with Crippen molar-refractivity contribution in [1.82, 2.24) is 15.1 Å². The van der Waals surface area contributed by atoms with Crippen LogP contribution in [0.5, 0.6) is 0 Å². The van der Waals surface area contributed by atoms with Gasteiger partial charge in [-0.25, -0.2) is 13.4 Å². The predicted octanol–water partition coefficient (Wildman–Crippen LogP) is 3.06. The second kappa shape index (κ2) is 5.55. The minimum Gasteiger partial charge on any atom is -0.448 e. The van der Waals surface area contributed by atoms with E-state index in [9.17, 15) is 8.42 Å². The van der Waals surface area contributed by atoms with Gasteiger partial charge in [0.2, 0.25) is 5.82 Å². The summed E-state index contributed by atoms with van der Waals surface area (Å²) in [5.41, 5.74) is 1.18. The van der Waals surface area contributed by atoms with Gasteiger partial charge in [0.1, 0.15) is 6.26 Å². The molecule has 1 fully saturated rings. The van der Waals surface area contributed by atoms with E-state index in [0.29, 0.717) is 28.9 Å². The molecule has 0 bridgehead atoms. The number of benzene rings is 1. The number of hydrogen-bond donors (Lipinski definition) is 0. The van der Waals surface area contributed by atoms with E-state index in [2.05, 4.69) is 15.1 Å². The quantitative estimate of drug-likeness (QED) is 0.716. The fraction of sp³-hybridized carbons (Fsp3) is 0.312. The number of rotatable bonds is 4. The minimum atomic E-state index is -3.23. The molecule has 24 heavy (non-hydrogen) atoms. The van der Waals surface area contributed by atoms with Crippen molar-refractivity contribution in [2.24, 2.45) is 0 Å². The standard InChI is InChI=1S/C16H15N3O4S/c1-24(20,21)12-7-5-10(6-8-12)14-18-16(23-19-14)13-9-22-15(17-13)11-3-2-4-11/h5-9,11H,2-4H2,1H3. The number of nitrogens with zero attached hydrogens (tertiary/aromatic N) is 3. The largest absolute Gasteiger partial charge is 0.448 e. The van der Waals surface area contributed by atoms with Crippen molar-refractivity contribution in [3.63, 3.8) is 0 Å². The Morgan fingerprint density at radius 1 is 1.12 bits per heavy atom. The molecule has 1 saturated carbocycles. The maximum absolute atomic E-state index is 11.5. The van der Waals surface area contributed by atoms with Crippen molar-refractivity contribution in [2.45, 2.75) is 30.1 Å². The van der Waals surface area contributed by atoms with E-state index >= 15 is 0 Å². The first-order valence-electron chi connectivity index (χ1n) is 7.61. The summed E-state index contributed by atoms with van der Waals surface area (Å²) in [6.45, 7) is 0. The highest BCUT2D eigenvalue weighted by Gasteiger charge is 2.25. The molecule has 3 aromatic rings. The Morgan fingerprint density at radius 2 is 1.88 bits per heavy atom. The van der Waals surface area contributed by atoms with Crippen LogP contribution in [0.4, 0.5) is 0 Å². The number of aromatic nitrogens is 3. The summed E-state index contributed by atoms with van der Waals surface area (Å²) in [6, 6.07) is 6.33. The third kappa shape index (κ3) is 2.73. The molecule has 0 unspecified atom stereocenters. The van der Waals surface area contributed by atoms with Gasteiger partial charge in [0.25, 0.3) is 5.89 Å². The van der Waals surface area contributed by atoms with Crippen molar-refractivity contribution in [1.29, 1.82) is 0 Å². The van der Waals surface area contributed by atoms with Crippen molar-refractivity contribution in [3.05, 3.63) is 36.4 Å². The molecule has 0 aliphatic heterocycles. The summed E-state index contributed by atoms with van der Waals surface area (Å²) in [4.78, 5) is 8.97. The average Bonchev–Trinajstić information content (AvgIpc) is 3.13. The normalized spacial score (nSPS) is 15.4. The first-order chi connectivity index (χ1) is 11.5. The lowest BCUT2D eigenvalue weighted by molar-refractivity contribution is 0.335. The van der Waals surface area contributed by atoms with Gasteiger partial charge in [0, 0.05) is 17.7 Å². The van der Waals surface area contributed by atoms with Gasteiger partial charge in [-0.3, -0.25) is 0 Å². The molecular weight excluding hydrogens is 330 g/mol. The second-order valence-corrected chi connectivity index (χ2v) is 7.93. The van der Waals surface area contributed by atoms with E-state index in [0.717, 1.165) is 12.8 Å². The molecule has 1 aromatic carbocycles. The average molecular weight is 345 g/mol. The molecule has 7 nitrogen and oxygen atoms in total. The molecule has 1 aliphatic carbocycles. The monoisotopic (exact) mass is 345 g/mol. The molecule has 0 saturated heterocycles. The third-order valence-corrected chi connectivity index (χ3v) is 5.29. The topological polar surface area (TPSA) is 99.1 Å². The summed E-state index contributed by atoms with van der Waals surface area (Å²) >= 11 is 0. The zero-order valence-corrected chi connectivity index (χ0v) is 13.8. The number of sulfone groups is 1. The summed E-state index contributed by atoms with van der Waals surface area (Å²) in [6.07, 6.45) is 6.09. The lowest BCUT2D eigenvalue weighted by Crippen LogP contribution is -2.08. The molecule has 0 amide bonds. The Labute approximate surface area is 138 Å². The van der Waals surface area contributed by atoms with E-state index in [1.807, 2.05) is 0 Å². The Hall–Kier alpha value is -2.48. The molecule has 1 aliphatic rings. The first-order valence-corrected chi connectivity index (χ1v) is 9.50. The Bertz CT molecular complexity index is 969. The van der Waals surface area contributed by atoms with Gasteiger partial charge < -0.3 is 8.94 Å². The van der Waals surface area contributed by atoms with Crippen LogP contribution in [0.1, 0.15) is 31.1 Å². The highest BCUT2D eigenvalue weighted by molar-refractivity contribution is 7.90. The van der Waals surface area contributed by atoms with Crippen LogP contribution in [0, 0.1) is 0 Å². The molecule has 2 heterocycles. The Balaban J connectivity index is 1.59. The number of hydrogen-bond acceptors (Lipinski definition) is 7. The molecule has 0 N–H and O–H groups in total. The molecule has 0 atom stereocenters. The van der Waals surface area contributed by atoms with Crippen LogP contribution in [-0.2, 0) is 9.84 Å². The van der Waals surface area contributed by atoms with Crippen molar-refractivity contribution in [3.8, 4) is 23.0 Å². The third-order valence-electron chi connectivity index (χ3n) is 4.16. The van der Waals surface area contributed by atoms with Gasteiger partial charge in [-0.05, 0) is 37.1 Å². The van der Waals surface area contributed by atoms with Gasteiger partial charge in [-0.2, -0.15) is 4.98 Å². The van der Waals surface area contributed by atoms with Crippen LogP contribution in [0.25, 0.3) is 23.0 Å². The fourth-order valence-corrected chi connectivity index (χ4v) is 3.15. The van der Waals surface area contributed by atoms with Crippen LogP contribution < -0.4 is 0 Å². The van der Waals surface area contributed by atoms with Crippen LogP contribution in [0.3, 0.4) is 0 Å². The van der Waals surface area contributed by atoms with E-state index in [1.54, 1.807) is 12.1 Å². The lowest BCUT2D eigenvalue weighted by atomic mass is 9.85. The van der Waals surface area contributed by atoms with Crippen LogP contribution in [-0.4, -0.2) is 29.8 Å². The Morgan fingerprint density at radius 3 is 2.50 bits per heavy atom. The zero-order valence-electron chi connectivity index (χ0n) is 13.0. The SMILES string of the molecule is CS(=O)(=O)c1ccc(-c2noc(-c3coc(C4CCC4)n3)n2)cc1. The summed E-state index contributed by atoms with van der Waals surface area (Å²) in [5.74, 6) is 1.77. The Kier molecular flexibility index (Phi) is 3.49. The summed E-state index contributed by atoms with van der Waals surface area (Å²) in [7, 11) is -3.23. The molecule has 0 spiro atoms. The molecular formula is C16H15N3O4S. The van der Waals surface area contributed by atoms with Crippen molar-refractivity contribution < 1.29 is 17.4 Å². The number of oxazole rings is 1. The molecule has 4 rings (SSSR count). The van der Waals surface area contributed by atoms with Crippen LogP contribution in [0.15, 0.2) is 44.4 Å². The maximum atomic E-state index is 11.5.